The maximum atomic E-state index is 6.18. The molecule has 170 valence electrons. The van der Waals surface area contributed by atoms with E-state index < -0.39 is 6.04 Å². The summed E-state index contributed by atoms with van der Waals surface area (Å²) in [5.41, 5.74) is 0. The van der Waals surface area contributed by atoms with Crippen molar-refractivity contribution in [3.05, 3.63) is 91.0 Å². The summed E-state index contributed by atoms with van der Waals surface area (Å²) in [5.74, 6) is 0. The van der Waals surface area contributed by atoms with Crippen LogP contribution in [0.5, 0.6) is 0 Å². The van der Waals surface area contributed by atoms with Crippen LogP contribution in [-0.4, -0.2) is 60.2 Å². The molecule has 0 aromatic heterocycles. The predicted molar refractivity (Wildman–Crippen MR) is 139 cm³/mol. The van der Waals surface area contributed by atoms with Crippen molar-refractivity contribution < 1.29 is 26.9 Å². The van der Waals surface area contributed by atoms with Gasteiger partial charge < -0.3 is 0 Å². The third-order valence-corrected chi connectivity index (χ3v) is 14.1. The Bertz CT molecular complexity index is 928. The average Bonchev–Trinajstić information content (AvgIpc) is 2.79. The van der Waals surface area contributed by atoms with Gasteiger partial charge in [0.05, 0.1) is 21.6 Å². The van der Waals surface area contributed by atoms with Crippen LogP contribution in [0.1, 0.15) is 0 Å². The minimum atomic E-state index is -2.00. The molecule has 2 unspecified atom stereocenters. The molecule has 0 spiro atoms. The van der Waals surface area contributed by atoms with Crippen molar-refractivity contribution in [2.24, 2.45) is 0 Å². The number of rotatable bonds is 3. The second-order valence-electron chi connectivity index (χ2n) is 9.14. The maximum Gasteiger partial charge on any atom is 1.00 e. The monoisotopic (exact) mass is 663 g/mol. The second kappa shape index (κ2) is 10.3. The van der Waals surface area contributed by atoms with Gasteiger partial charge in [0, 0.05) is 6.04 Å². The van der Waals surface area contributed by atoms with E-state index in [1.165, 1.54) is 54.0 Å². The summed E-state index contributed by atoms with van der Waals surface area (Å²) in [6.07, 6.45) is 4.46. The first-order chi connectivity index (χ1) is 15.1. The van der Waals surface area contributed by atoms with Gasteiger partial charge in [-0.3, -0.25) is 4.48 Å². The van der Waals surface area contributed by atoms with E-state index in [0.717, 1.165) is 5.30 Å². The molecule has 4 aliphatic rings. The summed E-state index contributed by atoms with van der Waals surface area (Å²) in [6.45, 7) is 3.91. The van der Waals surface area contributed by atoms with Crippen LogP contribution in [0.15, 0.2) is 84.9 Å². The summed E-state index contributed by atoms with van der Waals surface area (Å²) in [5, 5.41) is 3.54. The molecule has 2 atom stereocenters. The molecule has 4 bridgehead atoms. The van der Waals surface area contributed by atoms with Crippen molar-refractivity contribution in [1.82, 2.24) is 9.80 Å². The third kappa shape index (κ3) is 5.05. The van der Waals surface area contributed by atoms with Crippen molar-refractivity contribution in [3.63, 3.8) is 0 Å². The van der Waals surface area contributed by atoms with E-state index >= 15 is 0 Å². The molecule has 7 heteroatoms. The largest absolute Gasteiger partial charge is 1.00 e. The zero-order chi connectivity index (χ0) is 21.3. The van der Waals surface area contributed by atoms with Crippen LogP contribution in [0.2, 0.25) is 0 Å². The molecule has 32 heavy (non-hydrogen) atoms. The van der Waals surface area contributed by atoms with Gasteiger partial charge >= 0.3 is 22.4 Å². The second-order valence-corrected chi connectivity index (χ2v) is 16.0. The number of benzene rings is 3. The Morgan fingerprint density at radius 3 is 1.81 bits per heavy atom. The molecule has 3 aromatic carbocycles. The SMILES string of the molecule is C[N+]12CN3CN(C[PH+](C3)C1)C2.S=P(c1[c-]cccc1)(c1ccccc1)c1ccccc1.[Au+]. The van der Waals surface area contributed by atoms with Gasteiger partial charge in [-0.15, -0.1) is 5.30 Å². The van der Waals surface area contributed by atoms with Crippen LogP contribution in [0.25, 0.3) is 0 Å². The first kappa shape index (κ1) is 24.5. The molecule has 3 aromatic rings. The first-order valence-corrected chi connectivity index (χ1v) is 15.8. The molecule has 0 amide bonds. The van der Waals surface area contributed by atoms with Crippen molar-refractivity contribution in [2.45, 2.75) is 0 Å². The normalized spacial score (nSPS) is 27.7. The number of quaternary nitrogens is 1. The smallest absolute Gasteiger partial charge is 0.270 e. The summed E-state index contributed by atoms with van der Waals surface area (Å²) in [7, 11) is 2.44. The topological polar surface area (TPSA) is 6.48 Å². The maximum absolute atomic E-state index is 6.18. The van der Waals surface area contributed by atoms with Gasteiger partial charge in [0.1, 0.15) is 25.9 Å². The van der Waals surface area contributed by atoms with Crippen molar-refractivity contribution >= 4 is 41.7 Å². The molecule has 0 radical (unpaired) electrons. The minimum absolute atomic E-state index is 0. The van der Waals surface area contributed by atoms with Gasteiger partial charge in [-0.25, -0.2) is 9.80 Å². The number of hydrogen-bond acceptors (Lipinski definition) is 3. The minimum Gasteiger partial charge on any atom is -0.270 e. The van der Waals surface area contributed by atoms with E-state index in [1.807, 2.05) is 30.3 Å². The standard InChI is InChI=1S/C18H14PS.C7H15N3P.Au/c20-19(16-10-4-1-5-11-16,17-12-6-2-7-13-17)18-14-8-3-9-15-18;1-10-3-8-2-9(4-10)6-11(5-8)7-10;/h1-14H;2-7H2,1H3;/q-1;2*+1/p+1. The summed E-state index contributed by atoms with van der Waals surface area (Å²) in [6, 6.07) is 30.2. The van der Waals surface area contributed by atoms with E-state index in [4.69, 9.17) is 11.8 Å². The van der Waals surface area contributed by atoms with E-state index in [9.17, 15) is 0 Å². The Labute approximate surface area is 214 Å². The number of nitrogens with zero attached hydrogens (tertiary/aromatic N) is 3. The zero-order valence-corrected chi connectivity index (χ0v) is 23.2. The zero-order valence-electron chi connectivity index (χ0n) is 18.3. The Morgan fingerprint density at radius 1 is 0.844 bits per heavy atom. The molecule has 0 saturated carbocycles. The Balaban J connectivity index is 0.000000172. The molecule has 4 aliphatic heterocycles. The van der Waals surface area contributed by atoms with Crippen molar-refractivity contribution in [3.8, 4) is 0 Å². The fraction of sp³-hybridized carbons (Fsp3) is 0.280. The van der Waals surface area contributed by atoms with E-state index in [-0.39, 0.29) is 30.3 Å². The van der Waals surface area contributed by atoms with E-state index in [2.05, 4.69) is 77.5 Å². The van der Waals surface area contributed by atoms with Crippen LogP contribution >= 0.6 is 14.0 Å². The Morgan fingerprint density at radius 2 is 1.38 bits per heavy atom. The quantitative estimate of drug-likeness (QED) is 0.184. The first-order valence-electron chi connectivity index (χ1n) is 10.9. The molecular weight excluding hydrogens is 633 g/mol. The molecule has 0 N–H and O–H groups in total. The summed E-state index contributed by atoms with van der Waals surface area (Å²) < 4.78 is 1.33. The van der Waals surface area contributed by atoms with Crippen LogP contribution in [0.3, 0.4) is 0 Å². The van der Waals surface area contributed by atoms with Crippen molar-refractivity contribution in [1.29, 1.82) is 0 Å². The number of hydrogen-bond donors (Lipinski definition) is 0. The molecule has 4 saturated heterocycles. The molecule has 3 nitrogen and oxygen atoms in total. The van der Waals surface area contributed by atoms with Gasteiger partial charge in [-0.2, -0.15) is 30.3 Å². The van der Waals surface area contributed by atoms with Gasteiger partial charge in [0.2, 0.25) is 0 Å². The van der Waals surface area contributed by atoms with Gasteiger partial charge in [-0.1, -0.05) is 72.5 Å². The van der Waals surface area contributed by atoms with Gasteiger partial charge in [0.25, 0.3) is 0 Å². The predicted octanol–water partition coefficient (Wildman–Crippen LogP) is 3.28. The van der Waals surface area contributed by atoms with Crippen molar-refractivity contribution in [2.75, 3.05) is 45.9 Å². The summed E-state index contributed by atoms with van der Waals surface area (Å²) >= 11 is 6.18. The fourth-order valence-electron chi connectivity index (χ4n) is 5.29. The van der Waals surface area contributed by atoms with Crippen LogP contribution in [-0.2, 0) is 34.2 Å². The molecule has 4 heterocycles. The Kier molecular flexibility index (Phi) is 7.90. The fourth-order valence-corrected chi connectivity index (χ4v) is 12.2. The summed E-state index contributed by atoms with van der Waals surface area (Å²) in [4.78, 5) is 5.29. The van der Waals surface area contributed by atoms with Gasteiger partial charge in [0.15, 0.2) is 6.29 Å². The van der Waals surface area contributed by atoms with E-state index in [0.29, 0.717) is 0 Å². The third-order valence-electron chi connectivity index (χ3n) is 6.25. The van der Waals surface area contributed by atoms with E-state index in [1.54, 1.807) is 0 Å². The Hall–Kier alpha value is -0.640. The molecule has 4 fully saturated rings. The molecule has 0 aliphatic carbocycles. The average molecular weight is 664 g/mol. The molecular formula is C25H30AuN3P2S+2. The van der Waals surface area contributed by atoms with Crippen LogP contribution in [0.4, 0.5) is 0 Å². The van der Waals surface area contributed by atoms with Crippen LogP contribution < -0.4 is 15.9 Å². The molecule has 7 rings (SSSR count). The van der Waals surface area contributed by atoms with Crippen LogP contribution in [0, 0.1) is 6.07 Å². The van der Waals surface area contributed by atoms with Gasteiger partial charge in [-0.05, 0) is 10.6 Å².